The maximum absolute atomic E-state index is 14.4. The standard InChI is InChI=1S/C17H18FN3/c1-12(2)19-10-13-6-5-7-14(18)17(13)21-11-20-15-8-3-4-9-16(15)21/h3-9,11-12,19H,10H2,1-2H3. The van der Waals surface area contributed by atoms with E-state index < -0.39 is 0 Å². The van der Waals surface area contributed by atoms with Crippen LogP contribution in [0.3, 0.4) is 0 Å². The van der Waals surface area contributed by atoms with Crippen molar-refractivity contribution in [3.8, 4) is 5.69 Å². The van der Waals surface area contributed by atoms with Gasteiger partial charge in [0.2, 0.25) is 0 Å². The van der Waals surface area contributed by atoms with Crippen LogP contribution in [-0.2, 0) is 6.54 Å². The summed E-state index contributed by atoms with van der Waals surface area (Å²) in [4.78, 5) is 4.35. The summed E-state index contributed by atoms with van der Waals surface area (Å²) in [5, 5.41) is 3.34. The second-order valence-electron chi connectivity index (χ2n) is 5.39. The minimum atomic E-state index is -0.235. The molecule has 1 heterocycles. The fourth-order valence-electron chi connectivity index (χ4n) is 2.42. The minimum Gasteiger partial charge on any atom is -0.310 e. The van der Waals surface area contributed by atoms with E-state index in [-0.39, 0.29) is 5.82 Å². The zero-order chi connectivity index (χ0) is 14.8. The largest absolute Gasteiger partial charge is 0.310 e. The fraction of sp³-hybridized carbons (Fsp3) is 0.235. The normalized spacial score (nSPS) is 11.4. The highest BCUT2D eigenvalue weighted by molar-refractivity contribution is 5.77. The summed E-state index contributed by atoms with van der Waals surface area (Å²) in [5.74, 6) is -0.235. The molecule has 0 fully saturated rings. The molecule has 21 heavy (non-hydrogen) atoms. The van der Waals surface area contributed by atoms with Gasteiger partial charge in [-0.15, -0.1) is 0 Å². The van der Waals surface area contributed by atoms with Crippen LogP contribution in [0.2, 0.25) is 0 Å². The monoisotopic (exact) mass is 283 g/mol. The number of nitrogens with zero attached hydrogens (tertiary/aromatic N) is 2. The first kappa shape index (κ1) is 13.8. The molecule has 0 bridgehead atoms. The Morgan fingerprint density at radius 3 is 2.76 bits per heavy atom. The van der Waals surface area contributed by atoms with Gasteiger partial charge < -0.3 is 5.32 Å². The molecule has 4 heteroatoms. The molecule has 3 rings (SSSR count). The van der Waals surface area contributed by atoms with Gasteiger partial charge in [0.15, 0.2) is 0 Å². The van der Waals surface area contributed by atoms with Crippen molar-refractivity contribution < 1.29 is 4.39 Å². The van der Waals surface area contributed by atoms with E-state index in [1.165, 1.54) is 6.07 Å². The van der Waals surface area contributed by atoms with Gasteiger partial charge in [-0.1, -0.05) is 38.1 Å². The Balaban J connectivity index is 2.12. The Labute approximate surface area is 123 Å². The number of rotatable bonds is 4. The summed E-state index contributed by atoms with van der Waals surface area (Å²) in [5.41, 5.74) is 3.27. The molecule has 108 valence electrons. The van der Waals surface area contributed by atoms with Crippen LogP contribution in [0.4, 0.5) is 4.39 Å². The third-order valence-electron chi connectivity index (χ3n) is 3.47. The molecule has 0 radical (unpaired) electrons. The van der Waals surface area contributed by atoms with E-state index in [9.17, 15) is 4.39 Å². The van der Waals surface area contributed by atoms with E-state index in [2.05, 4.69) is 24.1 Å². The molecule has 3 nitrogen and oxygen atoms in total. The van der Waals surface area contributed by atoms with Gasteiger partial charge in [0.25, 0.3) is 0 Å². The first-order valence-electron chi connectivity index (χ1n) is 7.10. The van der Waals surface area contributed by atoms with Crippen LogP contribution in [0.25, 0.3) is 16.7 Å². The molecular weight excluding hydrogens is 265 g/mol. The van der Waals surface area contributed by atoms with Gasteiger partial charge in [-0.3, -0.25) is 4.57 Å². The predicted octanol–water partition coefficient (Wildman–Crippen LogP) is 3.66. The molecule has 0 saturated carbocycles. The lowest BCUT2D eigenvalue weighted by molar-refractivity contribution is 0.577. The summed E-state index contributed by atoms with van der Waals surface area (Å²) < 4.78 is 16.2. The molecule has 0 amide bonds. The molecule has 1 N–H and O–H groups in total. The molecule has 0 unspecified atom stereocenters. The number of para-hydroxylation sites is 3. The van der Waals surface area contributed by atoms with E-state index in [1.807, 2.05) is 34.9 Å². The van der Waals surface area contributed by atoms with Crippen LogP contribution in [-0.4, -0.2) is 15.6 Å². The summed E-state index contributed by atoms with van der Waals surface area (Å²) in [6.07, 6.45) is 1.68. The van der Waals surface area contributed by atoms with E-state index in [0.29, 0.717) is 18.3 Å². The van der Waals surface area contributed by atoms with Crippen LogP contribution in [0.15, 0.2) is 48.8 Å². The van der Waals surface area contributed by atoms with Gasteiger partial charge >= 0.3 is 0 Å². The summed E-state index contributed by atoms with van der Waals surface area (Å²) >= 11 is 0. The van der Waals surface area contributed by atoms with Gasteiger partial charge in [0.1, 0.15) is 12.1 Å². The van der Waals surface area contributed by atoms with Crippen molar-refractivity contribution in [3.63, 3.8) is 0 Å². The third-order valence-corrected chi connectivity index (χ3v) is 3.47. The van der Waals surface area contributed by atoms with Crippen LogP contribution in [0.1, 0.15) is 19.4 Å². The summed E-state index contributed by atoms with van der Waals surface area (Å²) in [7, 11) is 0. The Morgan fingerprint density at radius 1 is 1.14 bits per heavy atom. The third kappa shape index (κ3) is 2.67. The average molecular weight is 283 g/mol. The Morgan fingerprint density at radius 2 is 1.95 bits per heavy atom. The number of fused-ring (bicyclic) bond motifs is 1. The van der Waals surface area contributed by atoms with Crippen molar-refractivity contribution in [1.82, 2.24) is 14.9 Å². The number of aromatic nitrogens is 2. The second-order valence-corrected chi connectivity index (χ2v) is 5.39. The predicted molar refractivity (Wildman–Crippen MR) is 83.0 cm³/mol. The zero-order valence-corrected chi connectivity index (χ0v) is 12.2. The lowest BCUT2D eigenvalue weighted by Crippen LogP contribution is -2.23. The highest BCUT2D eigenvalue weighted by Gasteiger charge is 2.13. The maximum Gasteiger partial charge on any atom is 0.147 e. The van der Waals surface area contributed by atoms with Crippen molar-refractivity contribution >= 4 is 11.0 Å². The number of imidazole rings is 1. The highest BCUT2D eigenvalue weighted by atomic mass is 19.1. The van der Waals surface area contributed by atoms with Crippen LogP contribution in [0, 0.1) is 5.82 Å². The molecule has 0 atom stereocenters. The minimum absolute atomic E-state index is 0.235. The fourth-order valence-corrected chi connectivity index (χ4v) is 2.42. The van der Waals surface area contributed by atoms with Crippen molar-refractivity contribution in [2.45, 2.75) is 26.4 Å². The molecule has 3 aromatic rings. The summed E-state index contributed by atoms with van der Waals surface area (Å²) in [6, 6.07) is 13.3. The summed E-state index contributed by atoms with van der Waals surface area (Å²) in [6.45, 7) is 4.77. The highest BCUT2D eigenvalue weighted by Crippen LogP contribution is 2.23. The van der Waals surface area contributed by atoms with Gasteiger partial charge in [-0.2, -0.15) is 0 Å². The Bertz CT molecular complexity index is 762. The van der Waals surface area contributed by atoms with E-state index in [4.69, 9.17) is 0 Å². The van der Waals surface area contributed by atoms with Gasteiger partial charge in [0, 0.05) is 12.6 Å². The maximum atomic E-state index is 14.4. The van der Waals surface area contributed by atoms with E-state index in [0.717, 1.165) is 16.6 Å². The van der Waals surface area contributed by atoms with Crippen LogP contribution in [0.5, 0.6) is 0 Å². The zero-order valence-electron chi connectivity index (χ0n) is 12.2. The number of halogens is 1. The Kier molecular flexibility index (Phi) is 3.71. The van der Waals surface area contributed by atoms with Crippen molar-refractivity contribution in [2.75, 3.05) is 0 Å². The topological polar surface area (TPSA) is 29.9 Å². The van der Waals surface area contributed by atoms with Gasteiger partial charge in [0.05, 0.1) is 16.7 Å². The van der Waals surface area contributed by atoms with Gasteiger partial charge in [-0.25, -0.2) is 9.37 Å². The number of benzene rings is 2. The number of nitrogens with one attached hydrogen (secondary N) is 1. The average Bonchev–Trinajstić information content (AvgIpc) is 2.89. The molecule has 0 aliphatic rings. The number of hydrogen-bond acceptors (Lipinski definition) is 2. The van der Waals surface area contributed by atoms with Gasteiger partial charge in [-0.05, 0) is 23.8 Å². The molecule has 0 aliphatic heterocycles. The molecule has 1 aromatic heterocycles. The lowest BCUT2D eigenvalue weighted by Gasteiger charge is -2.14. The van der Waals surface area contributed by atoms with Crippen molar-refractivity contribution in [2.24, 2.45) is 0 Å². The quantitative estimate of drug-likeness (QED) is 0.792. The van der Waals surface area contributed by atoms with E-state index in [1.54, 1.807) is 12.4 Å². The molecule has 0 saturated heterocycles. The molecule has 0 aliphatic carbocycles. The molecule has 0 spiro atoms. The second kappa shape index (κ2) is 5.66. The van der Waals surface area contributed by atoms with Crippen LogP contribution < -0.4 is 5.32 Å². The SMILES string of the molecule is CC(C)NCc1cccc(F)c1-n1cnc2ccccc21. The molecular formula is C17H18FN3. The first-order valence-corrected chi connectivity index (χ1v) is 7.10. The van der Waals surface area contributed by atoms with E-state index >= 15 is 0 Å². The van der Waals surface area contributed by atoms with Crippen molar-refractivity contribution in [1.29, 1.82) is 0 Å². The van der Waals surface area contributed by atoms with Crippen molar-refractivity contribution in [3.05, 3.63) is 60.2 Å². The lowest BCUT2D eigenvalue weighted by atomic mass is 10.1. The Hall–Kier alpha value is -2.20. The smallest absolute Gasteiger partial charge is 0.147 e. The van der Waals surface area contributed by atoms with Crippen LogP contribution >= 0.6 is 0 Å². The first-order chi connectivity index (χ1) is 10.2. The number of hydrogen-bond donors (Lipinski definition) is 1. The molecule has 2 aromatic carbocycles.